The molecule has 1 aromatic heterocycles. The lowest BCUT2D eigenvalue weighted by Gasteiger charge is -2.39. The second-order valence-corrected chi connectivity index (χ2v) is 6.27. The van der Waals surface area contributed by atoms with E-state index in [4.69, 9.17) is 4.74 Å². The maximum Gasteiger partial charge on any atom is 0.122 e. The fraction of sp³-hybridized carbons (Fsp3) is 0.688. The number of hydrogen-bond acceptors (Lipinski definition) is 4. The number of piperazine rings is 1. The normalized spacial score (nSPS) is 27.6. The fourth-order valence-electron chi connectivity index (χ4n) is 3.09. The lowest BCUT2D eigenvalue weighted by molar-refractivity contribution is 0.123. The molecule has 1 saturated heterocycles. The molecule has 2 heterocycles. The minimum absolute atomic E-state index is 0.568. The zero-order valence-electron chi connectivity index (χ0n) is 12.7. The Labute approximate surface area is 121 Å². The number of nitrogens with one attached hydrogen (secondary N) is 1. The SMILES string of the molecule is COc1cc(C)nc(CN2CC(C3CC3)NCC2C)c1. The summed E-state index contributed by atoms with van der Waals surface area (Å²) in [5.41, 5.74) is 2.14. The molecule has 1 aliphatic carbocycles. The van der Waals surface area contributed by atoms with Gasteiger partial charge in [0.2, 0.25) is 0 Å². The lowest BCUT2D eigenvalue weighted by Crippen LogP contribution is -2.55. The van der Waals surface area contributed by atoms with E-state index in [9.17, 15) is 0 Å². The molecule has 2 atom stereocenters. The summed E-state index contributed by atoms with van der Waals surface area (Å²) in [6, 6.07) is 5.29. The fourth-order valence-corrected chi connectivity index (χ4v) is 3.09. The molecule has 1 N–H and O–H groups in total. The first kappa shape index (κ1) is 13.8. The van der Waals surface area contributed by atoms with Gasteiger partial charge >= 0.3 is 0 Å². The van der Waals surface area contributed by atoms with Gasteiger partial charge in [0.1, 0.15) is 5.75 Å². The molecule has 0 radical (unpaired) electrons. The monoisotopic (exact) mass is 275 g/mol. The third-order valence-electron chi connectivity index (χ3n) is 4.50. The molecule has 0 aromatic carbocycles. The smallest absolute Gasteiger partial charge is 0.122 e. The highest BCUT2D eigenvalue weighted by molar-refractivity contribution is 5.26. The Bertz CT molecular complexity index is 473. The van der Waals surface area contributed by atoms with Gasteiger partial charge in [0, 0.05) is 49.5 Å². The molecule has 0 bridgehead atoms. The van der Waals surface area contributed by atoms with Gasteiger partial charge in [0.15, 0.2) is 0 Å². The van der Waals surface area contributed by atoms with Gasteiger partial charge in [0.05, 0.1) is 12.8 Å². The first-order chi connectivity index (χ1) is 9.65. The van der Waals surface area contributed by atoms with Crippen LogP contribution in [0.3, 0.4) is 0 Å². The van der Waals surface area contributed by atoms with E-state index < -0.39 is 0 Å². The maximum absolute atomic E-state index is 5.35. The van der Waals surface area contributed by atoms with Gasteiger partial charge in [-0.2, -0.15) is 0 Å². The second kappa shape index (κ2) is 5.70. The second-order valence-electron chi connectivity index (χ2n) is 6.27. The number of methoxy groups -OCH3 is 1. The molecule has 3 rings (SSSR count). The van der Waals surface area contributed by atoms with E-state index in [-0.39, 0.29) is 0 Å². The van der Waals surface area contributed by atoms with Crippen LogP contribution in [0, 0.1) is 12.8 Å². The average Bonchev–Trinajstić information content (AvgIpc) is 3.25. The van der Waals surface area contributed by atoms with Crippen molar-refractivity contribution in [3.8, 4) is 5.75 Å². The van der Waals surface area contributed by atoms with E-state index in [1.165, 1.54) is 12.8 Å². The van der Waals surface area contributed by atoms with Crippen molar-refractivity contribution in [1.29, 1.82) is 0 Å². The van der Waals surface area contributed by atoms with Crippen molar-refractivity contribution < 1.29 is 4.74 Å². The number of aryl methyl sites for hydroxylation is 1. The first-order valence-corrected chi connectivity index (χ1v) is 7.64. The van der Waals surface area contributed by atoms with Gasteiger partial charge in [-0.15, -0.1) is 0 Å². The summed E-state index contributed by atoms with van der Waals surface area (Å²) < 4.78 is 5.35. The summed E-state index contributed by atoms with van der Waals surface area (Å²) >= 11 is 0. The highest BCUT2D eigenvalue weighted by Gasteiger charge is 2.36. The van der Waals surface area contributed by atoms with Crippen LogP contribution in [0.25, 0.3) is 0 Å². The predicted molar refractivity (Wildman–Crippen MR) is 79.9 cm³/mol. The highest BCUT2D eigenvalue weighted by atomic mass is 16.5. The minimum atomic E-state index is 0.568. The number of nitrogens with zero attached hydrogens (tertiary/aromatic N) is 2. The van der Waals surface area contributed by atoms with Crippen molar-refractivity contribution in [3.05, 3.63) is 23.5 Å². The van der Waals surface area contributed by atoms with Crippen LogP contribution < -0.4 is 10.1 Å². The standard InChI is InChI=1S/C16H25N3O/c1-11-6-15(20-3)7-14(18-11)9-19-10-16(13-4-5-13)17-8-12(19)2/h6-7,12-13,16-17H,4-5,8-10H2,1-3H3. The molecule has 1 aliphatic heterocycles. The van der Waals surface area contributed by atoms with Gasteiger partial charge in [-0.3, -0.25) is 9.88 Å². The Morgan fingerprint density at radius 2 is 2.20 bits per heavy atom. The van der Waals surface area contributed by atoms with E-state index >= 15 is 0 Å². The van der Waals surface area contributed by atoms with Crippen molar-refractivity contribution >= 4 is 0 Å². The summed E-state index contributed by atoms with van der Waals surface area (Å²) in [7, 11) is 1.72. The van der Waals surface area contributed by atoms with Crippen LogP contribution in [0.15, 0.2) is 12.1 Å². The van der Waals surface area contributed by atoms with Crippen molar-refractivity contribution in [1.82, 2.24) is 15.2 Å². The Hall–Kier alpha value is -1.13. The molecule has 20 heavy (non-hydrogen) atoms. The van der Waals surface area contributed by atoms with Crippen molar-refractivity contribution in [3.63, 3.8) is 0 Å². The number of ether oxygens (including phenoxy) is 1. The molecule has 2 unspecified atom stereocenters. The third kappa shape index (κ3) is 3.13. The Morgan fingerprint density at radius 1 is 1.40 bits per heavy atom. The molecule has 2 fully saturated rings. The Morgan fingerprint density at radius 3 is 2.90 bits per heavy atom. The number of hydrogen-bond donors (Lipinski definition) is 1. The highest BCUT2D eigenvalue weighted by Crippen LogP contribution is 2.34. The van der Waals surface area contributed by atoms with E-state index in [1.807, 2.05) is 13.0 Å². The lowest BCUT2D eigenvalue weighted by atomic mass is 10.1. The first-order valence-electron chi connectivity index (χ1n) is 7.64. The summed E-state index contributed by atoms with van der Waals surface area (Å²) in [5, 5.41) is 3.69. The van der Waals surface area contributed by atoms with Crippen molar-refractivity contribution in [2.24, 2.45) is 5.92 Å². The zero-order chi connectivity index (χ0) is 14.1. The predicted octanol–water partition coefficient (Wildman–Crippen LogP) is 1.97. The number of rotatable bonds is 4. The molecule has 4 nitrogen and oxygen atoms in total. The van der Waals surface area contributed by atoms with Gasteiger partial charge in [0.25, 0.3) is 0 Å². The van der Waals surface area contributed by atoms with E-state index in [1.54, 1.807) is 7.11 Å². The molecule has 0 amide bonds. The van der Waals surface area contributed by atoms with Crippen molar-refractivity contribution in [2.75, 3.05) is 20.2 Å². The van der Waals surface area contributed by atoms with Crippen LogP contribution in [-0.2, 0) is 6.54 Å². The van der Waals surface area contributed by atoms with Crippen molar-refractivity contribution in [2.45, 2.75) is 45.3 Å². The summed E-state index contributed by atoms with van der Waals surface area (Å²) in [5.74, 6) is 1.82. The molecule has 1 saturated carbocycles. The minimum Gasteiger partial charge on any atom is -0.497 e. The maximum atomic E-state index is 5.35. The molecule has 110 valence electrons. The van der Waals surface area contributed by atoms with Crippen LogP contribution >= 0.6 is 0 Å². The number of pyridine rings is 1. The summed E-state index contributed by atoms with van der Waals surface area (Å²) in [6.45, 7) is 7.47. The Balaban J connectivity index is 1.70. The van der Waals surface area contributed by atoms with Crippen LogP contribution in [0.5, 0.6) is 5.75 Å². The zero-order valence-corrected chi connectivity index (χ0v) is 12.7. The van der Waals surface area contributed by atoms with E-state index in [2.05, 4.69) is 28.2 Å². The van der Waals surface area contributed by atoms with Gasteiger partial charge in [-0.1, -0.05) is 0 Å². The summed E-state index contributed by atoms with van der Waals surface area (Å²) in [6.07, 6.45) is 2.80. The molecule has 0 spiro atoms. The third-order valence-corrected chi connectivity index (χ3v) is 4.50. The molecule has 1 aromatic rings. The molecule has 2 aliphatic rings. The van der Waals surface area contributed by atoms with Crippen LogP contribution in [0.2, 0.25) is 0 Å². The van der Waals surface area contributed by atoms with Gasteiger partial charge in [-0.25, -0.2) is 0 Å². The summed E-state index contributed by atoms with van der Waals surface area (Å²) in [4.78, 5) is 7.21. The quantitative estimate of drug-likeness (QED) is 0.911. The van der Waals surface area contributed by atoms with Crippen LogP contribution in [0.1, 0.15) is 31.2 Å². The Kier molecular flexibility index (Phi) is 3.94. The number of aromatic nitrogens is 1. The van der Waals surface area contributed by atoms with Crippen LogP contribution in [0.4, 0.5) is 0 Å². The van der Waals surface area contributed by atoms with Gasteiger partial charge in [-0.05, 0) is 32.6 Å². The largest absolute Gasteiger partial charge is 0.497 e. The van der Waals surface area contributed by atoms with Crippen LogP contribution in [-0.4, -0.2) is 42.2 Å². The van der Waals surface area contributed by atoms with E-state index in [0.717, 1.165) is 42.7 Å². The van der Waals surface area contributed by atoms with E-state index in [0.29, 0.717) is 12.1 Å². The molecule has 4 heteroatoms. The average molecular weight is 275 g/mol. The topological polar surface area (TPSA) is 37.4 Å². The molecular formula is C16H25N3O. The molecular weight excluding hydrogens is 250 g/mol. The van der Waals surface area contributed by atoms with Gasteiger partial charge < -0.3 is 10.1 Å².